The fourth-order valence-corrected chi connectivity index (χ4v) is 3.84. The molecule has 2 N–H and O–H groups in total. The molecule has 35 heavy (non-hydrogen) atoms. The maximum absolute atomic E-state index is 12.9. The molecule has 3 rings (SSSR count). The molecule has 13 heteroatoms. The molecular formula is C22H27N7O6. The molecule has 0 radical (unpaired) electrons. The highest BCUT2D eigenvalue weighted by Crippen LogP contribution is 2.32. The van der Waals surface area contributed by atoms with Gasteiger partial charge in [0.1, 0.15) is 18.2 Å². The van der Waals surface area contributed by atoms with Gasteiger partial charge in [0.05, 0.1) is 0 Å². The zero-order chi connectivity index (χ0) is 25.8. The first-order valence-corrected chi connectivity index (χ1v) is 11.1. The van der Waals surface area contributed by atoms with Crippen molar-refractivity contribution in [2.24, 2.45) is 5.11 Å². The number of azide groups is 1. The van der Waals surface area contributed by atoms with E-state index in [9.17, 15) is 24.0 Å². The normalized spacial score (nSPS) is 17.3. The Morgan fingerprint density at radius 3 is 2.71 bits per heavy atom. The SMILES string of the molecule is CC(C)(C)OC(=O)N(CCN=[N+]=[N-])CC(=O)Nc1cccc2c1CN(C1CCC(=O)NC1=O)C2=O. The molecule has 13 nitrogen and oxygen atoms in total. The molecule has 0 saturated carbocycles. The number of nitrogens with one attached hydrogen (secondary N) is 2. The van der Waals surface area contributed by atoms with Crippen LogP contribution in [0.4, 0.5) is 10.5 Å². The van der Waals surface area contributed by atoms with E-state index in [0.29, 0.717) is 16.8 Å². The zero-order valence-electron chi connectivity index (χ0n) is 19.7. The van der Waals surface area contributed by atoms with Gasteiger partial charge in [-0.25, -0.2) is 4.79 Å². The molecule has 186 valence electrons. The number of ether oxygens (including phenoxy) is 1. The van der Waals surface area contributed by atoms with Crippen molar-refractivity contribution in [1.82, 2.24) is 15.1 Å². The second-order valence-electron chi connectivity index (χ2n) is 9.14. The second kappa shape index (κ2) is 10.4. The highest BCUT2D eigenvalue weighted by Gasteiger charge is 2.40. The number of nitrogens with zero attached hydrogens (tertiary/aromatic N) is 5. The summed E-state index contributed by atoms with van der Waals surface area (Å²) in [6, 6.07) is 4.05. The van der Waals surface area contributed by atoms with E-state index in [4.69, 9.17) is 10.3 Å². The lowest BCUT2D eigenvalue weighted by atomic mass is 10.0. The minimum atomic E-state index is -0.787. The summed E-state index contributed by atoms with van der Waals surface area (Å²) in [6.07, 6.45) is -0.378. The van der Waals surface area contributed by atoms with E-state index in [0.717, 1.165) is 4.90 Å². The van der Waals surface area contributed by atoms with Crippen LogP contribution in [-0.4, -0.2) is 70.8 Å². The molecule has 0 aliphatic carbocycles. The summed E-state index contributed by atoms with van der Waals surface area (Å²) in [7, 11) is 0. The van der Waals surface area contributed by atoms with Crippen LogP contribution < -0.4 is 10.6 Å². The standard InChI is InChI=1S/C22H27N7O6/c1-22(2,3)35-21(34)28(10-9-24-27-23)12-18(31)25-15-6-4-5-13-14(15)11-29(20(13)33)16-7-8-17(30)26-19(16)32/h4-6,16H,7-12H2,1-3H3,(H,25,31)(H,26,30,32). The first kappa shape index (κ1) is 25.5. The fraction of sp³-hybridized carbons (Fsp3) is 0.500. The lowest BCUT2D eigenvalue weighted by Gasteiger charge is -2.29. The molecule has 5 amide bonds. The molecule has 1 fully saturated rings. The molecule has 2 heterocycles. The van der Waals surface area contributed by atoms with Gasteiger partial charge in [-0.1, -0.05) is 11.2 Å². The summed E-state index contributed by atoms with van der Waals surface area (Å²) in [6.45, 7) is 4.72. The Bertz CT molecular complexity index is 1110. The maximum atomic E-state index is 12.9. The predicted molar refractivity (Wildman–Crippen MR) is 123 cm³/mol. The summed E-state index contributed by atoms with van der Waals surface area (Å²) in [4.78, 5) is 67.2. The minimum absolute atomic E-state index is 0.0267. The number of hydrogen-bond acceptors (Lipinski definition) is 7. The molecule has 0 bridgehead atoms. The number of benzene rings is 1. The Balaban J connectivity index is 1.73. The fourth-order valence-electron chi connectivity index (χ4n) is 3.84. The van der Waals surface area contributed by atoms with Crippen LogP contribution in [0.3, 0.4) is 0 Å². The van der Waals surface area contributed by atoms with Crippen molar-refractivity contribution in [1.29, 1.82) is 0 Å². The number of piperidine rings is 1. The van der Waals surface area contributed by atoms with Crippen molar-refractivity contribution in [3.05, 3.63) is 39.8 Å². The van der Waals surface area contributed by atoms with E-state index >= 15 is 0 Å². The van der Waals surface area contributed by atoms with Gasteiger partial charge in [-0.15, -0.1) is 0 Å². The van der Waals surface area contributed by atoms with Crippen LogP contribution in [0.5, 0.6) is 0 Å². The average Bonchev–Trinajstić information content (AvgIpc) is 3.09. The predicted octanol–water partition coefficient (Wildman–Crippen LogP) is 1.93. The van der Waals surface area contributed by atoms with E-state index in [1.165, 1.54) is 4.90 Å². The van der Waals surface area contributed by atoms with Crippen LogP contribution >= 0.6 is 0 Å². The van der Waals surface area contributed by atoms with Gasteiger partial charge in [0, 0.05) is 47.8 Å². The van der Waals surface area contributed by atoms with Crippen molar-refractivity contribution in [3.63, 3.8) is 0 Å². The number of imide groups is 1. The number of carbonyl (C=O) groups excluding carboxylic acids is 5. The lowest BCUT2D eigenvalue weighted by molar-refractivity contribution is -0.137. The molecule has 0 aromatic heterocycles. The Labute approximate surface area is 201 Å². The topological polar surface area (TPSA) is 174 Å². The van der Waals surface area contributed by atoms with Crippen molar-refractivity contribution in [3.8, 4) is 0 Å². The van der Waals surface area contributed by atoms with E-state index in [-0.39, 0.29) is 50.8 Å². The number of rotatable bonds is 7. The van der Waals surface area contributed by atoms with Gasteiger partial charge in [-0.2, -0.15) is 0 Å². The molecule has 1 saturated heterocycles. The molecular weight excluding hydrogens is 458 g/mol. The van der Waals surface area contributed by atoms with Gasteiger partial charge < -0.3 is 15.0 Å². The van der Waals surface area contributed by atoms with Crippen LogP contribution in [0.15, 0.2) is 23.3 Å². The number of fused-ring (bicyclic) bond motifs is 1. The summed E-state index contributed by atoms with van der Waals surface area (Å²) in [5, 5.41) is 8.37. The summed E-state index contributed by atoms with van der Waals surface area (Å²) < 4.78 is 5.33. The Morgan fingerprint density at radius 2 is 2.06 bits per heavy atom. The quantitative estimate of drug-likeness (QED) is 0.258. The van der Waals surface area contributed by atoms with E-state index < -0.39 is 29.6 Å². The van der Waals surface area contributed by atoms with E-state index in [2.05, 4.69) is 20.7 Å². The molecule has 0 spiro atoms. The third-order valence-electron chi connectivity index (χ3n) is 5.38. The number of carbonyl (C=O) groups is 5. The third kappa shape index (κ3) is 6.27. The summed E-state index contributed by atoms with van der Waals surface area (Å²) in [5.74, 6) is -1.81. The van der Waals surface area contributed by atoms with Crippen LogP contribution in [0, 0.1) is 0 Å². The van der Waals surface area contributed by atoms with Crippen LogP contribution in [0.1, 0.15) is 49.5 Å². The Morgan fingerprint density at radius 1 is 1.31 bits per heavy atom. The first-order valence-electron chi connectivity index (χ1n) is 11.1. The largest absolute Gasteiger partial charge is 0.444 e. The Kier molecular flexibility index (Phi) is 7.60. The second-order valence-corrected chi connectivity index (χ2v) is 9.14. The summed E-state index contributed by atoms with van der Waals surface area (Å²) in [5.41, 5.74) is 8.97. The van der Waals surface area contributed by atoms with Gasteiger partial charge >= 0.3 is 6.09 Å². The molecule has 2 aliphatic heterocycles. The van der Waals surface area contributed by atoms with Gasteiger partial charge in [-0.05, 0) is 44.9 Å². The van der Waals surface area contributed by atoms with Crippen molar-refractivity contribution < 1.29 is 28.7 Å². The first-order chi connectivity index (χ1) is 16.5. The van der Waals surface area contributed by atoms with Crippen LogP contribution in [-0.2, 0) is 25.7 Å². The minimum Gasteiger partial charge on any atom is -0.444 e. The monoisotopic (exact) mass is 485 g/mol. The number of amides is 5. The van der Waals surface area contributed by atoms with Gasteiger partial charge in [0.15, 0.2) is 0 Å². The Hall–Kier alpha value is -4.12. The van der Waals surface area contributed by atoms with Gasteiger partial charge in [0.25, 0.3) is 5.91 Å². The van der Waals surface area contributed by atoms with Gasteiger partial charge in [-0.3, -0.25) is 29.4 Å². The molecule has 1 aromatic rings. The van der Waals surface area contributed by atoms with Crippen molar-refractivity contribution in [2.45, 2.75) is 51.8 Å². The summed E-state index contributed by atoms with van der Waals surface area (Å²) >= 11 is 0. The molecule has 2 aliphatic rings. The maximum Gasteiger partial charge on any atom is 0.410 e. The third-order valence-corrected chi connectivity index (χ3v) is 5.38. The van der Waals surface area contributed by atoms with E-state index in [1.807, 2.05) is 0 Å². The van der Waals surface area contributed by atoms with E-state index in [1.54, 1.807) is 39.0 Å². The number of hydrogen-bond donors (Lipinski definition) is 2. The lowest BCUT2D eigenvalue weighted by Crippen LogP contribution is -2.52. The molecule has 1 aromatic carbocycles. The molecule has 1 unspecified atom stereocenters. The highest BCUT2D eigenvalue weighted by atomic mass is 16.6. The van der Waals surface area contributed by atoms with Crippen molar-refractivity contribution >= 4 is 35.4 Å². The van der Waals surface area contributed by atoms with Crippen molar-refractivity contribution in [2.75, 3.05) is 25.0 Å². The zero-order valence-corrected chi connectivity index (χ0v) is 19.7. The average molecular weight is 486 g/mol. The van der Waals surface area contributed by atoms with Crippen LogP contribution in [0.2, 0.25) is 0 Å². The highest BCUT2D eigenvalue weighted by molar-refractivity contribution is 6.07. The van der Waals surface area contributed by atoms with Gasteiger partial charge in [0.2, 0.25) is 17.7 Å². The number of anilines is 1. The van der Waals surface area contributed by atoms with Crippen LogP contribution in [0.25, 0.3) is 10.4 Å². The smallest absolute Gasteiger partial charge is 0.410 e. The molecule has 1 atom stereocenters.